The average molecular weight is 214 g/mol. The monoisotopic (exact) mass is 214 g/mol. The summed E-state index contributed by atoms with van der Waals surface area (Å²) >= 11 is 0. The van der Waals surface area contributed by atoms with Gasteiger partial charge in [-0.05, 0) is 11.8 Å². The molecule has 1 atom stereocenters. The van der Waals surface area contributed by atoms with E-state index in [0.29, 0.717) is 12.5 Å². The average Bonchev–Trinajstić information content (AvgIpc) is 2.44. The molecule has 0 bridgehead atoms. The Morgan fingerprint density at radius 3 is 2.40 bits per heavy atom. The standard InChI is InChI=1S/C12H22O3/c1-15-9-11(8-12(13)14)10-6-4-2-3-5-7-10/h10-11H,2-9H2,1H3,(H,13,14). The predicted octanol–water partition coefficient (Wildman–Crippen LogP) is 2.69. The van der Waals surface area contributed by atoms with Gasteiger partial charge in [0.1, 0.15) is 0 Å². The number of aliphatic carboxylic acids is 1. The van der Waals surface area contributed by atoms with E-state index in [4.69, 9.17) is 9.84 Å². The molecule has 1 N–H and O–H groups in total. The zero-order valence-electron chi connectivity index (χ0n) is 9.58. The van der Waals surface area contributed by atoms with Crippen molar-refractivity contribution in [1.29, 1.82) is 0 Å². The molecule has 0 saturated heterocycles. The van der Waals surface area contributed by atoms with Crippen LogP contribution in [0.4, 0.5) is 0 Å². The molecule has 0 aromatic rings. The minimum absolute atomic E-state index is 0.214. The summed E-state index contributed by atoms with van der Waals surface area (Å²) < 4.78 is 5.14. The summed E-state index contributed by atoms with van der Waals surface area (Å²) in [4.78, 5) is 10.8. The van der Waals surface area contributed by atoms with E-state index in [1.54, 1.807) is 7.11 Å². The fourth-order valence-corrected chi connectivity index (χ4v) is 2.58. The van der Waals surface area contributed by atoms with Gasteiger partial charge in [0.15, 0.2) is 0 Å². The van der Waals surface area contributed by atoms with E-state index in [0.717, 1.165) is 0 Å². The van der Waals surface area contributed by atoms with Crippen LogP contribution in [0.15, 0.2) is 0 Å². The molecule has 0 heterocycles. The lowest BCUT2D eigenvalue weighted by Crippen LogP contribution is -2.22. The van der Waals surface area contributed by atoms with Gasteiger partial charge in [-0.3, -0.25) is 4.79 Å². The summed E-state index contributed by atoms with van der Waals surface area (Å²) in [5.41, 5.74) is 0. The van der Waals surface area contributed by atoms with Crippen molar-refractivity contribution >= 4 is 5.97 Å². The van der Waals surface area contributed by atoms with Crippen molar-refractivity contribution < 1.29 is 14.6 Å². The lowest BCUT2D eigenvalue weighted by molar-refractivity contribution is -0.139. The van der Waals surface area contributed by atoms with Gasteiger partial charge in [-0.15, -0.1) is 0 Å². The fraction of sp³-hybridized carbons (Fsp3) is 0.917. The summed E-state index contributed by atoms with van der Waals surface area (Å²) in [5.74, 6) is 0.0791. The van der Waals surface area contributed by atoms with Crippen molar-refractivity contribution in [3.05, 3.63) is 0 Å². The Labute approximate surface area is 91.8 Å². The first-order chi connectivity index (χ1) is 7.24. The minimum atomic E-state index is -0.693. The maximum atomic E-state index is 10.8. The Morgan fingerprint density at radius 2 is 1.93 bits per heavy atom. The molecule has 1 rings (SSSR count). The van der Waals surface area contributed by atoms with Crippen LogP contribution in [-0.4, -0.2) is 24.8 Å². The zero-order chi connectivity index (χ0) is 11.1. The SMILES string of the molecule is COCC(CC(=O)O)C1CCCCCC1. The molecule has 1 fully saturated rings. The molecule has 1 saturated carbocycles. The largest absolute Gasteiger partial charge is 0.481 e. The van der Waals surface area contributed by atoms with Crippen molar-refractivity contribution in [2.75, 3.05) is 13.7 Å². The lowest BCUT2D eigenvalue weighted by atomic mass is 9.84. The van der Waals surface area contributed by atoms with Crippen LogP contribution in [0.2, 0.25) is 0 Å². The van der Waals surface area contributed by atoms with Crippen LogP contribution in [0.1, 0.15) is 44.9 Å². The van der Waals surface area contributed by atoms with E-state index in [9.17, 15) is 4.79 Å². The highest BCUT2D eigenvalue weighted by atomic mass is 16.5. The molecular formula is C12H22O3. The number of rotatable bonds is 5. The van der Waals surface area contributed by atoms with Crippen molar-refractivity contribution in [2.24, 2.45) is 11.8 Å². The van der Waals surface area contributed by atoms with Crippen molar-refractivity contribution in [3.8, 4) is 0 Å². The molecule has 3 heteroatoms. The number of hydrogen-bond acceptors (Lipinski definition) is 2. The summed E-state index contributed by atoms with van der Waals surface area (Å²) in [6.07, 6.45) is 7.75. The maximum absolute atomic E-state index is 10.8. The molecule has 1 aliphatic rings. The first-order valence-electron chi connectivity index (χ1n) is 5.94. The summed E-state index contributed by atoms with van der Waals surface area (Å²) in [6, 6.07) is 0. The van der Waals surface area contributed by atoms with Crippen molar-refractivity contribution in [2.45, 2.75) is 44.9 Å². The van der Waals surface area contributed by atoms with Crippen LogP contribution in [-0.2, 0) is 9.53 Å². The minimum Gasteiger partial charge on any atom is -0.481 e. The van der Waals surface area contributed by atoms with Crippen LogP contribution < -0.4 is 0 Å². The second-order valence-electron chi connectivity index (χ2n) is 4.56. The van der Waals surface area contributed by atoms with Crippen LogP contribution in [0.3, 0.4) is 0 Å². The van der Waals surface area contributed by atoms with Crippen LogP contribution >= 0.6 is 0 Å². The molecule has 3 nitrogen and oxygen atoms in total. The fourth-order valence-electron chi connectivity index (χ4n) is 2.58. The first-order valence-corrected chi connectivity index (χ1v) is 5.94. The number of methoxy groups -OCH3 is 1. The highest BCUT2D eigenvalue weighted by molar-refractivity contribution is 5.67. The number of carboxylic acid groups (broad SMARTS) is 1. The molecule has 0 aromatic carbocycles. The molecule has 88 valence electrons. The Hall–Kier alpha value is -0.570. The first kappa shape index (κ1) is 12.5. The van der Waals surface area contributed by atoms with Gasteiger partial charge in [-0.1, -0.05) is 38.5 Å². The highest BCUT2D eigenvalue weighted by Gasteiger charge is 2.24. The van der Waals surface area contributed by atoms with Gasteiger partial charge in [0.05, 0.1) is 6.42 Å². The topological polar surface area (TPSA) is 46.5 Å². The second kappa shape index (κ2) is 6.83. The third-order valence-electron chi connectivity index (χ3n) is 3.38. The van der Waals surface area contributed by atoms with Crippen molar-refractivity contribution in [3.63, 3.8) is 0 Å². The Morgan fingerprint density at radius 1 is 1.33 bits per heavy atom. The third kappa shape index (κ3) is 4.65. The van der Waals surface area contributed by atoms with E-state index in [2.05, 4.69) is 0 Å². The molecular weight excluding hydrogens is 192 g/mol. The summed E-state index contributed by atoms with van der Waals surface area (Å²) in [6.45, 7) is 0.594. The van der Waals surface area contributed by atoms with Gasteiger partial charge < -0.3 is 9.84 Å². The van der Waals surface area contributed by atoms with Gasteiger partial charge in [-0.2, -0.15) is 0 Å². The zero-order valence-corrected chi connectivity index (χ0v) is 9.58. The van der Waals surface area contributed by atoms with Crippen LogP contribution in [0.5, 0.6) is 0 Å². The molecule has 0 spiro atoms. The number of ether oxygens (including phenoxy) is 1. The number of carboxylic acids is 1. The summed E-state index contributed by atoms with van der Waals surface area (Å²) in [5, 5.41) is 8.86. The van der Waals surface area contributed by atoms with Crippen molar-refractivity contribution in [1.82, 2.24) is 0 Å². The number of hydrogen-bond donors (Lipinski definition) is 1. The van der Waals surface area contributed by atoms with Gasteiger partial charge in [0.25, 0.3) is 0 Å². The molecule has 0 aromatic heterocycles. The van der Waals surface area contributed by atoms with E-state index < -0.39 is 5.97 Å². The van der Waals surface area contributed by atoms with Gasteiger partial charge >= 0.3 is 5.97 Å². The quantitative estimate of drug-likeness (QED) is 0.716. The number of carbonyl (C=O) groups is 1. The van der Waals surface area contributed by atoms with E-state index in [-0.39, 0.29) is 12.3 Å². The maximum Gasteiger partial charge on any atom is 0.303 e. The normalized spacial score (nSPS) is 20.9. The van der Waals surface area contributed by atoms with Crippen LogP contribution in [0.25, 0.3) is 0 Å². The third-order valence-corrected chi connectivity index (χ3v) is 3.38. The van der Waals surface area contributed by atoms with E-state index >= 15 is 0 Å². The smallest absolute Gasteiger partial charge is 0.303 e. The van der Waals surface area contributed by atoms with E-state index in [1.165, 1.54) is 38.5 Å². The van der Waals surface area contributed by atoms with Gasteiger partial charge in [0.2, 0.25) is 0 Å². The van der Waals surface area contributed by atoms with Gasteiger partial charge in [-0.25, -0.2) is 0 Å². The predicted molar refractivity (Wildman–Crippen MR) is 58.8 cm³/mol. The molecule has 0 amide bonds. The van der Waals surface area contributed by atoms with Crippen LogP contribution in [0, 0.1) is 11.8 Å². The summed E-state index contributed by atoms with van der Waals surface area (Å²) in [7, 11) is 1.66. The molecule has 15 heavy (non-hydrogen) atoms. The van der Waals surface area contributed by atoms with E-state index in [1.807, 2.05) is 0 Å². The second-order valence-corrected chi connectivity index (χ2v) is 4.56. The Kier molecular flexibility index (Phi) is 5.69. The Bertz CT molecular complexity index is 183. The lowest BCUT2D eigenvalue weighted by Gasteiger charge is -2.23. The molecule has 1 aliphatic carbocycles. The molecule has 0 aliphatic heterocycles. The Balaban J connectivity index is 2.47. The molecule has 1 unspecified atom stereocenters. The van der Waals surface area contributed by atoms with Gasteiger partial charge in [0, 0.05) is 13.7 Å². The molecule has 0 radical (unpaired) electrons. The highest BCUT2D eigenvalue weighted by Crippen LogP contribution is 2.30.